The van der Waals surface area contributed by atoms with Gasteiger partial charge in [-0.05, 0) is 42.7 Å². The molecule has 1 heterocycles. The number of carbonyl (C=O) groups is 1. The Kier molecular flexibility index (Phi) is 4.73. The number of sulfonamides is 1. The summed E-state index contributed by atoms with van der Waals surface area (Å²) >= 11 is 0. The van der Waals surface area contributed by atoms with Crippen LogP contribution in [0, 0.1) is 0 Å². The molecule has 6 nitrogen and oxygen atoms in total. The fourth-order valence-corrected chi connectivity index (χ4v) is 3.90. The van der Waals surface area contributed by atoms with Crippen LogP contribution in [0.5, 0.6) is 0 Å². The van der Waals surface area contributed by atoms with Crippen LogP contribution in [0.25, 0.3) is 0 Å². The third kappa shape index (κ3) is 4.04. The van der Waals surface area contributed by atoms with Gasteiger partial charge in [0.05, 0.1) is 5.75 Å². The molecule has 0 aliphatic heterocycles. The number of hydrogen-bond acceptors (Lipinski definition) is 3. The third-order valence-electron chi connectivity index (χ3n) is 4.28. The Morgan fingerprint density at radius 3 is 2.67 bits per heavy atom. The number of hydrogen-bond donors (Lipinski definition) is 2. The number of anilines is 1. The zero-order chi connectivity index (χ0) is 17.2. The predicted molar refractivity (Wildman–Crippen MR) is 93.1 cm³/mol. The Morgan fingerprint density at radius 1 is 1.21 bits per heavy atom. The molecule has 128 valence electrons. The molecule has 7 heteroatoms. The SMILES string of the molecule is NS(=O)(=O)Cc1cccc(NC(=O)c2cccn2C2CCCC2)c1. The second-order valence-corrected chi connectivity index (χ2v) is 7.82. The maximum absolute atomic E-state index is 12.6. The van der Waals surface area contributed by atoms with E-state index < -0.39 is 10.0 Å². The van der Waals surface area contributed by atoms with Gasteiger partial charge in [-0.1, -0.05) is 25.0 Å². The first-order valence-corrected chi connectivity index (χ1v) is 9.71. The van der Waals surface area contributed by atoms with Crippen LogP contribution in [0.1, 0.15) is 47.8 Å². The fraction of sp³-hybridized carbons (Fsp3) is 0.353. The molecular weight excluding hydrogens is 326 g/mol. The van der Waals surface area contributed by atoms with Crippen molar-refractivity contribution in [1.29, 1.82) is 0 Å². The summed E-state index contributed by atoms with van der Waals surface area (Å²) in [5.74, 6) is -0.450. The Balaban J connectivity index is 1.76. The molecule has 1 aromatic heterocycles. The van der Waals surface area contributed by atoms with Gasteiger partial charge in [0.25, 0.3) is 5.91 Å². The summed E-state index contributed by atoms with van der Waals surface area (Å²) in [6.07, 6.45) is 6.53. The van der Waals surface area contributed by atoms with E-state index in [9.17, 15) is 13.2 Å². The molecule has 3 N–H and O–H groups in total. The summed E-state index contributed by atoms with van der Waals surface area (Å²) in [7, 11) is -3.60. The second-order valence-electron chi connectivity index (χ2n) is 6.20. The summed E-state index contributed by atoms with van der Waals surface area (Å²) in [4.78, 5) is 12.6. The quantitative estimate of drug-likeness (QED) is 0.870. The lowest BCUT2D eigenvalue weighted by atomic mass is 10.2. The highest BCUT2D eigenvalue weighted by Gasteiger charge is 2.21. The molecule has 1 saturated carbocycles. The molecule has 1 fully saturated rings. The number of amides is 1. The molecule has 0 atom stereocenters. The van der Waals surface area contributed by atoms with Gasteiger partial charge in [-0.15, -0.1) is 0 Å². The summed E-state index contributed by atoms with van der Waals surface area (Å²) in [5, 5.41) is 7.91. The van der Waals surface area contributed by atoms with E-state index >= 15 is 0 Å². The molecule has 1 aromatic carbocycles. The van der Waals surface area contributed by atoms with Gasteiger partial charge in [0, 0.05) is 17.9 Å². The molecule has 2 aromatic rings. The van der Waals surface area contributed by atoms with Crippen molar-refractivity contribution in [1.82, 2.24) is 4.57 Å². The van der Waals surface area contributed by atoms with Crippen LogP contribution in [0.3, 0.4) is 0 Å². The van der Waals surface area contributed by atoms with E-state index in [1.54, 1.807) is 24.3 Å². The van der Waals surface area contributed by atoms with Crippen molar-refractivity contribution in [2.45, 2.75) is 37.5 Å². The maximum Gasteiger partial charge on any atom is 0.272 e. The summed E-state index contributed by atoms with van der Waals surface area (Å²) in [6.45, 7) is 0. The highest BCUT2D eigenvalue weighted by Crippen LogP contribution is 2.30. The van der Waals surface area contributed by atoms with Gasteiger partial charge in [0.1, 0.15) is 5.69 Å². The number of aromatic nitrogens is 1. The Morgan fingerprint density at radius 2 is 1.96 bits per heavy atom. The summed E-state index contributed by atoms with van der Waals surface area (Å²) in [5.41, 5.74) is 1.72. The van der Waals surface area contributed by atoms with Gasteiger partial charge in [0.2, 0.25) is 10.0 Å². The second kappa shape index (κ2) is 6.78. The predicted octanol–water partition coefficient (Wildman–Crippen LogP) is 2.64. The zero-order valence-electron chi connectivity index (χ0n) is 13.3. The molecule has 24 heavy (non-hydrogen) atoms. The summed E-state index contributed by atoms with van der Waals surface area (Å²) in [6, 6.07) is 10.8. The molecule has 1 aliphatic rings. The van der Waals surface area contributed by atoms with Crippen molar-refractivity contribution >= 4 is 21.6 Å². The smallest absolute Gasteiger partial charge is 0.272 e. The average molecular weight is 347 g/mol. The number of primary sulfonamides is 1. The van der Waals surface area contributed by atoms with E-state index in [-0.39, 0.29) is 11.7 Å². The van der Waals surface area contributed by atoms with E-state index in [1.807, 2.05) is 22.9 Å². The highest BCUT2D eigenvalue weighted by atomic mass is 32.2. The first-order valence-electron chi connectivity index (χ1n) is 8.00. The number of nitrogens with one attached hydrogen (secondary N) is 1. The highest BCUT2D eigenvalue weighted by molar-refractivity contribution is 7.88. The Labute approximate surface area is 141 Å². The Bertz CT molecular complexity index is 836. The van der Waals surface area contributed by atoms with Crippen molar-refractivity contribution in [2.24, 2.45) is 5.14 Å². The fourth-order valence-electron chi connectivity index (χ4n) is 3.25. The minimum atomic E-state index is -3.60. The van der Waals surface area contributed by atoms with E-state index in [0.29, 0.717) is 23.0 Å². The van der Waals surface area contributed by atoms with Crippen molar-refractivity contribution in [3.63, 3.8) is 0 Å². The van der Waals surface area contributed by atoms with E-state index in [2.05, 4.69) is 5.32 Å². The van der Waals surface area contributed by atoms with E-state index in [1.165, 1.54) is 12.8 Å². The van der Waals surface area contributed by atoms with Gasteiger partial charge >= 0.3 is 0 Å². The third-order valence-corrected chi connectivity index (χ3v) is 5.02. The molecule has 3 rings (SSSR count). The average Bonchev–Trinajstić information content (AvgIpc) is 3.17. The number of nitrogens with two attached hydrogens (primary N) is 1. The van der Waals surface area contributed by atoms with Crippen LogP contribution in [-0.2, 0) is 15.8 Å². The minimum Gasteiger partial charge on any atom is -0.340 e. The van der Waals surface area contributed by atoms with Gasteiger partial charge < -0.3 is 9.88 Å². The van der Waals surface area contributed by atoms with Crippen LogP contribution < -0.4 is 10.5 Å². The van der Waals surface area contributed by atoms with Crippen LogP contribution >= 0.6 is 0 Å². The first-order chi connectivity index (χ1) is 11.4. The lowest BCUT2D eigenvalue weighted by Gasteiger charge is -2.16. The van der Waals surface area contributed by atoms with E-state index in [4.69, 9.17) is 5.14 Å². The molecule has 0 spiro atoms. The van der Waals surface area contributed by atoms with Gasteiger partial charge in [-0.25, -0.2) is 13.6 Å². The summed E-state index contributed by atoms with van der Waals surface area (Å²) < 4.78 is 24.4. The number of carbonyl (C=O) groups excluding carboxylic acids is 1. The lowest BCUT2D eigenvalue weighted by molar-refractivity contribution is 0.101. The van der Waals surface area contributed by atoms with Crippen molar-refractivity contribution in [2.75, 3.05) is 5.32 Å². The lowest BCUT2D eigenvalue weighted by Crippen LogP contribution is -2.19. The largest absolute Gasteiger partial charge is 0.340 e. The minimum absolute atomic E-state index is 0.195. The van der Waals surface area contributed by atoms with Crippen molar-refractivity contribution in [3.8, 4) is 0 Å². The number of benzene rings is 1. The molecule has 1 amide bonds. The van der Waals surface area contributed by atoms with Crippen LogP contribution in [-0.4, -0.2) is 18.9 Å². The van der Waals surface area contributed by atoms with Crippen LogP contribution in [0.15, 0.2) is 42.6 Å². The molecule has 0 bridgehead atoms. The van der Waals surface area contributed by atoms with Crippen molar-refractivity contribution in [3.05, 3.63) is 53.9 Å². The number of nitrogens with zero attached hydrogens (tertiary/aromatic N) is 1. The van der Waals surface area contributed by atoms with Crippen LogP contribution in [0.4, 0.5) is 5.69 Å². The van der Waals surface area contributed by atoms with Gasteiger partial charge in [-0.2, -0.15) is 0 Å². The normalized spacial score (nSPS) is 15.5. The first kappa shape index (κ1) is 16.7. The zero-order valence-corrected chi connectivity index (χ0v) is 14.1. The van der Waals surface area contributed by atoms with Gasteiger partial charge in [-0.3, -0.25) is 4.79 Å². The van der Waals surface area contributed by atoms with E-state index in [0.717, 1.165) is 12.8 Å². The van der Waals surface area contributed by atoms with Gasteiger partial charge in [0.15, 0.2) is 0 Å². The Hall–Kier alpha value is -2.12. The molecular formula is C17H21N3O3S. The molecule has 1 aliphatic carbocycles. The van der Waals surface area contributed by atoms with Crippen molar-refractivity contribution < 1.29 is 13.2 Å². The number of rotatable bonds is 5. The molecule has 0 radical (unpaired) electrons. The monoisotopic (exact) mass is 347 g/mol. The maximum atomic E-state index is 12.6. The standard InChI is InChI=1S/C17H21N3O3S/c18-24(22,23)12-13-5-3-6-14(11-13)19-17(21)16-9-4-10-20(16)15-7-1-2-8-15/h3-6,9-11,15H,1-2,7-8,12H2,(H,19,21)(H2,18,22,23). The molecule has 0 saturated heterocycles. The topological polar surface area (TPSA) is 94.2 Å². The van der Waals surface area contributed by atoms with Crippen LogP contribution in [0.2, 0.25) is 0 Å². The molecule has 0 unspecified atom stereocenters.